The van der Waals surface area contributed by atoms with Crippen molar-refractivity contribution in [3.8, 4) is 0 Å². The van der Waals surface area contributed by atoms with Gasteiger partial charge >= 0.3 is 5.97 Å². The number of hydrogen-bond acceptors (Lipinski definition) is 3. The number of thiophene rings is 1. The van der Waals surface area contributed by atoms with Crippen molar-refractivity contribution in [3.63, 3.8) is 0 Å². The zero-order valence-electron chi connectivity index (χ0n) is 11.7. The molecule has 0 aliphatic rings. The maximum Gasteiger partial charge on any atom is 0.352 e. The van der Waals surface area contributed by atoms with Gasteiger partial charge in [0.1, 0.15) is 5.70 Å². The van der Waals surface area contributed by atoms with Gasteiger partial charge in [-0.2, -0.15) is 0 Å². The third-order valence-corrected chi connectivity index (χ3v) is 3.61. The van der Waals surface area contributed by atoms with Gasteiger partial charge in [0.05, 0.1) is 0 Å². The average molecular weight is 301 g/mol. The quantitative estimate of drug-likeness (QED) is 0.852. The van der Waals surface area contributed by atoms with Gasteiger partial charge in [-0.3, -0.25) is 4.79 Å². The second-order valence-corrected chi connectivity index (χ2v) is 5.69. The Bertz CT molecular complexity index is 682. The first-order valence-electron chi connectivity index (χ1n) is 6.34. The molecule has 0 atom stereocenters. The molecule has 4 nitrogen and oxygen atoms in total. The highest BCUT2D eigenvalue weighted by atomic mass is 32.1. The van der Waals surface area contributed by atoms with Crippen LogP contribution in [0.3, 0.4) is 0 Å². The molecular weight excluding hydrogens is 286 g/mol. The summed E-state index contributed by atoms with van der Waals surface area (Å²) >= 11 is 1.41. The Hall–Kier alpha value is -2.40. The summed E-state index contributed by atoms with van der Waals surface area (Å²) in [5.74, 6) is -1.59. The molecule has 1 amide bonds. The second-order valence-electron chi connectivity index (χ2n) is 4.71. The van der Waals surface area contributed by atoms with Crippen molar-refractivity contribution in [3.05, 3.63) is 63.0 Å². The Kier molecular flexibility index (Phi) is 4.55. The van der Waals surface area contributed by atoms with E-state index in [4.69, 9.17) is 0 Å². The normalized spacial score (nSPS) is 11.2. The number of benzene rings is 1. The minimum atomic E-state index is -1.17. The van der Waals surface area contributed by atoms with Crippen molar-refractivity contribution in [1.82, 2.24) is 5.32 Å². The van der Waals surface area contributed by atoms with Gasteiger partial charge in [-0.25, -0.2) is 4.79 Å². The lowest BCUT2D eigenvalue weighted by molar-refractivity contribution is -0.132. The molecule has 0 radical (unpaired) electrons. The van der Waals surface area contributed by atoms with E-state index in [1.807, 2.05) is 31.4 Å². The lowest BCUT2D eigenvalue weighted by atomic mass is 10.1. The highest BCUT2D eigenvalue weighted by molar-refractivity contribution is 7.10. The van der Waals surface area contributed by atoms with Crippen LogP contribution in [0.2, 0.25) is 0 Å². The van der Waals surface area contributed by atoms with Crippen LogP contribution in [0.5, 0.6) is 0 Å². The molecule has 0 aliphatic carbocycles. The molecule has 1 aromatic carbocycles. The Morgan fingerprint density at radius 2 is 1.86 bits per heavy atom. The van der Waals surface area contributed by atoms with Crippen LogP contribution in [0.15, 0.2) is 41.4 Å². The molecule has 21 heavy (non-hydrogen) atoms. The van der Waals surface area contributed by atoms with E-state index in [0.29, 0.717) is 5.56 Å². The van der Waals surface area contributed by atoms with Crippen LogP contribution in [0.1, 0.15) is 26.4 Å². The zero-order valence-corrected chi connectivity index (χ0v) is 12.5. The fourth-order valence-corrected chi connectivity index (χ4v) is 2.62. The number of nitrogens with one attached hydrogen (secondary N) is 1. The summed E-state index contributed by atoms with van der Waals surface area (Å²) in [5, 5.41) is 13.5. The summed E-state index contributed by atoms with van der Waals surface area (Å²) < 4.78 is 0. The van der Waals surface area contributed by atoms with Crippen LogP contribution in [0.4, 0.5) is 0 Å². The van der Waals surface area contributed by atoms with E-state index in [1.165, 1.54) is 17.4 Å². The molecule has 0 bridgehead atoms. The van der Waals surface area contributed by atoms with Crippen molar-refractivity contribution >= 4 is 29.3 Å². The zero-order chi connectivity index (χ0) is 15.4. The molecule has 0 fully saturated rings. The first-order valence-corrected chi connectivity index (χ1v) is 7.22. The van der Waals surface area contributed by atoms with E-state index in [9.17, 15) is 14.7 Å². The Morgan fingerprint density at radius 3 is 2.38 bits per heavy atom. The molecule has 5 heteroatoms. The number of aryl methyl sites for hydroxylation is 2. The SMILES string of the molecule is Cc1cc(C)cc(C(=O)NC(=Cc2cccs2)C(=O)O)c1. The molecule has 2 aromatic rings. The van der Waals surface area contributed by atoms with Crippen molar-refractivity contribution in [2.75, 3.05) is 0 Å². The van der Waals surface area contributed by atoms with Crippen molar-refractivity contribution in [2.45, 2.75) is 13.8 Å². The van der Waals surface area contributed by atoms with Gasteiger partial charge in [0.15, 0.2) is 0 Å². The van der Waals surface area contributed by atoms with E-state index >= 15 is 0 Å². The smallest absolute Gasteiger partial charge is 0.352 e. The predicted octanol–water partition coefficient (Wildman–Crippen LogP) is 3.22. The van der Waals surface area contributed by atoms with Crippen LogP contribution in [0, 0.1) is 13.8 Å². The fourth-order valence-electron chi connectivity index (χ4n) is 1.97. The topological polar surface area (TPSA) is 66.4 Å². The lowest BCUT2D eigenvalue weighted by Crippen LogP contribution is -2.27. The molecule has 0 saturated heterocycles. The van der Waals surface area contributed by atoms with E-state index in [0.717, 1.165) is 16.0 Å². The number of hydrogen-bond donors (Lipinski definition) is 2. The number of carboxylic acids is 1. The van der Waals surface area contributed by atoms with Crippen LogP contribution in [-0.2, 0) is 4.79 Å². The largest absolute Gasteiger partial charge is 0.477 e. The van der Waals surface area contributed by atoms with Crippen molar-refractivity contribution < 1.29 is 14.7 Å². The molecule has 0 aliphatic heterocycles. The van der Waals surface area contributed by atoms with Gasteiger partial charge in [0.2, 0.25) is 0 Å². The molecule has 0 saturated carbocycles. The molecule has 0 unspecified atom stereocenters. The lowest BCUT2D eigenvalue weighted by Gasteiger charge is -2.07. The summed E-state index contributed by atoms with van der Waals surface area (Å²) in [7, 11) is 0. The van der Waals surface area contributed by atoms with Crippen LogP contribution in [-0.4, -0.2) is 17.0 Å². The number of carboxylic acid groups (broad SMARTS) is 1. The third-order valence-electron chi connectivity index (χ3n) is 2.79. The molecule has 1 heterocycles. The third kappa shape index (κ3) is 4.03. The maximum absolute atomic E-state index is 12.2. The number of rotatable bonds is 4. The Labute approximate surface area is 126 Å². The van der Waals surface area contributed by atoms with Crippen LogP contribution in [0.25, 0.3) is 6.08 Å². The number of amides is 1. The molecule has 1 aromatic heterocycles. The summed E-state index contributed by atoms with van der Waals surface area (Å²) in [6.07, 6.45) is 1.45. The van der Waals surface area contributed by atoms with E-state index < -0.39 is 11.9 Å². The van der Waals surface area contributed by atoms with Gasteiger partial charge in [-0.1, -0.05) is 23.3 Å². The standard InChI is InChI=1S/C16H15NO3S/c1-10-6-11(2)8-12(7-10)15(18)17-14(16(19)20)9-13-4-3-5-21-13/h3-9H,1-2H3,(H,17,18)(H,19,20). The van der Waals surface area contributed by atoms with Crippen LogP contribution < -0.4 is 5.32 Å². The minimum absolute atomic E-state index is 0.137. The predicted molar refractivity (Wildman–Crippen MR) is 83.3 cm³/mol. The van der Waals surface area contributed by atoms with E-state index in [2.05, 4.69) is 5.32 Å². The maximum atomic E-state index is 12.2. The summed E-state index contributed by atoms with van der Waals surface area (Å²) in [5.41, 5.74) is 2.23. The summed E-state index contributed by atoms with van der Waals surface area (Å²) in [6, 6.07) is 9.02. The molecule has 108 valence electrons. The molecule has 0 spiro atoms. The van der Waals surface area contributed by atoms with Crippen molar-refractivity contribution in [1.29, 1.82) is 0 Å². The van der Waals surface area contributed by atoms with Gasteiger partial charge < -0.3 is 10.4 Å². The summed E-state index contributed by atoms with van der Waals surface area (Å²) in [6.45, 7) is 3.78. The highest BCUT2D eigenvalue weighted by Gasteiger charge is 2.14. The van der Waals surface area contributed by atoms with Gasteiger partial charge in [-0.15, -0.1) is 11.3 Å². The Morgan fingerprint density at radius 1 is 1.19 bits per heavy atom. The number of aliphatic carboxylic acids is 1. The second kappa shape index (κ2) is 6.37. The first kappa shape index (κ1) is 15.0. The van der Waals surface area contributed by atoms with Gasteiger partial charge in [-0.05, 0) is 43.5 Å². The van der Waals surface area contributed by atoms with E-state index in [1.54, 1.807) is 18.2 Å². The highest BCUT2D eigenvalue weighted by Crippen LogP contribution is 2.14. The number of carbonyl (C=O) groups excluding carboxylic acids is 1. The fraction of sp³-hybridized carbons (Fsp3) is 0.125. The summed E-state index contributed by atoms with van der Waals surface area (Å²) in [4.78, 5) is 24.2. The minimum Gasteiger partial charge on any atom is -0.477 e. The van der Waals surface area contributed by atoms with Crippen molar-refractivity contribution in [2.24, 2.45) is 0 Å². The van der Waals surface area contributed by atoms with E-state index in [-0.39, 0.29) is 5.70 Å². The van der Waals surface area contributed by atoms with Gasteiger partial charge in [0, 0.05) is 10.4 Å². The average Bonchev–Trinajstić information content (AvgIpc) is 2.89. The first-order chi connectivity index (χ1) is 9.95. The number of carbonyl (C=O) groups is 2. The Balaban J connectivity index is 2.25. The monoisotopic (exact) mass is 301 g/mol. The van der Waals surface area contributed by atoms with Crippen LogP contribution >= 0.6 is 11.3 Å². The molecule has 2 rings (SSSR count). The molecule has 2 N–H and O–H groups in total. The molecular formula is C16H15NO3S. The van der Waals surface area contributed by atoms with Gasteiger partial charge in [0.25, 0.3) is 5.91 Å².